The van der Waals surface area contributed by atoms with Gasteiger partial charge in [-0.25, -0.2) is 8.42 Å². The second-order valence-electron chi connectivity index (χ2n) is 9.17. The van der Waals surface area contributed by atoms with Crippen molar-refractivity contribution in [2.45, 2.75) is 18.9 Å². The third-order valence-corrected chi connectivity index (χ3v) is 8.25. The Bertz CT molecular complexity index is 1340. The van der Waals surface area contributed by atoms with E-state index in [0.717, 1.165) is 47.2 Å². The molecule has 184 valence electrons. The number of hydrogen-bond donors (Lipinski definition) is 0. The van der Waals surface area contributed by atoms with Crippen molar-refractivity contribution < 1.29 is 13.2 Å². The normalized spacial score (nSPS) is 19.7. The smallest absolute Gasteiger partial charge is 0.246 e. The third-order valence-electron chi connectivity index (χ3n) is 6.95. The van der Waals surface area contributed by atoms with Gasteiger partial charge in [0.1, 0.15) is 5.69 Å². The number of amides is 1. The molecule has 0 spiro atoms. The van der Waals surface area contributed by atoms with Crippen LogP contribution in [0.4, 0.5) is 5.69 Å². The fraction of sp³-hybridized carbons (Fsp3) is 0.400. The summed E-state index contributed by atoms with van der Waals surface area (Å²) in [7, 11) is -3.15. The largest absolute Gasteiger partial charge is 0.369 e. The van der Waals surface area contributed by atoms with Crippen LogP contribution in [0.5, 0.6) is 0 Å². The van der Waals surface area contributed by atoms with Gasteiger partial charge in [-0.2, -0.15) is 9.40 Å². The summed E-state index contributed by atoms with van der Waals surface area (Å²) < 4.78 is 27.2. The number of sulfonamides is 1. The first-order chi connectivity index (χ1) is 16.8. The third kappa shape index (κ3) is 4.68. The topological polar surface area (TPSA) is 91.6 Å². The lowest BCUT2D eigenvalue weighted by molar-refractivity contribution is -0.127. The zero-order valence-corrected chi connectivity index (χ0v) is 20.7. The van der Waals surface area contributed by atoms with Crippen molar-refractivity contribution in [3.05, 3.63) is 55.4 Å². The Labute approximate surface area is 205 Å². The summed E-state index contributed by atoms with van der Waals surface area (Å²) >= 11 is 0. The fourth-order valence-electron chi connectivity index (χ4n) is 5.07. The first kappa shape index (κ1) is 23.5. The number of fused-ring (bicyclic) bond motifs is 1. The summed E-state index contributed by atoms with van der Waals surface area (Å²) in [6, 6.07) is 10.3. The monoisotopic (exact) mass is 494 g/mol. The minimum Gasteiger partial charge on any atom is -0.369 e. The van der Waals surface area contributed by atoms with E-state index < -0.39 is 10.0 Å². The number of hydrogen-bond acceptors (Lipinski definition) is 6. The van der Waals surface area contributed by atoms with Gasteiger partial charge in [-0.05, 0) is 37.1 Å². The highest BCUT2D eigenvalue weighted by molar-refractivity contribution is 7.88. The molecular weight excluding hydrogens is 464 g/mol. The molecule has 1 aromatic carbocycles. The molecule has 35 heavy (non-hydrogen) atoms. The van der Waals surface area contributed by atoms with Gasteiger partial charge in [-0.3, -0.25) is 14.5 Å². The minimum atomic E-state index is -3.15. The van der Waals surface area contributed by atoms with Crippen LogP contribution in [0.1, 0.15) is 18.9 Å². The predicted molar refractivity (Wildman–Crippen MR) is 137 cm³/mol. The zero-order chi connectivity index (χ0) is 24.6. The van der Waals surface area contributed by atoms with Crippen LogP contribution in [0, 0.1) is 0 Å². The Kier molecular flexibility index (Phi) is 6.33. The molecule has 2 aliphatic heterocycles. The number of carbonyl (C=O) groups is 1. The molecule has 0 saturated carbocycles. The average molecular weight is 495 g/mol. The second kappa shape index (κ2) is 9.43. The number of likely N-dealkylation sites (tertiary alicyclic amines) is 1. The summed E-state index contributed by atoms with van der Waals surface area (Å²) in [5.41, 5.74) is 3.94. The fourth-order valence-corrected chi connectivity index (χ4v) is 5.89. The van der Waals surface area contributed by atoms with E-state index in [9.17, 15) is 13.2 Å². The van der Waals surface area contributed by atoms with Crippen molar-refractivity contribution in [2.24, 2.45) is 0 Å². The van der Waals surface area contributed by atoms with Crippen LogP contribution >= 0.6 is 0 Å². The standard InChI is InChI=1S/C25H30N6O3S/c1-3-24(32)29-12-4-5-21(18-29)31-23-10-11-26-17-22(23)25(27-31)19-6-8-20(9-7-19)28-13-15-30(16-14-28)35(2,33)34/h3,6-11,17,21H,1,4-5,12-16,18H2,2H3. The average Bonchev–Trinajstić information content (AvgIpc) is 3.28. The van der Waals surface area contributed by atoms with E-state index in [4.69, 9.17) is 5.10 Å². The molecule has 10 heteroatoms. The van der Waals surface area contributed by atoms with Gasteiger partial charge in [0, 0.05) is 68.3 Å². The first-order valence-electron chi connectivity index (χ1n) is 11.9. The molecule has 2 aromatic heterocycles. The lowest BCUT2D eigenvalue weighted by Crippen LogP contribution is -2.48. The maximum atomic E-state index is 12.2. The number of aromatic nitrogens is 3. The van der Waals surface area contributed by atoms with E-state index in [-0.39, 0.29) is 11.9 Å². The Morgan fingerprint density at radius 2 is 1.83 bits per heavy atom. The van der Waals surface area contributed by atoms with Crippen molar-refractivity contribution in [3.8, 4) is 11.3 Å². The SMILES string of the molecule is C=CC(=O)N1CCCC(n2nc(-c3ccc(N4CCN(S(C)(=O)=O)CC4)cc3)c3cnccc32)C1. The molecule has 3 aromatic rings. The molecule has 2 aliphatic rings. The van der Waals surface area contributed by atoms with Crippen molar-refractivity contribution in [3.63, 3.8) is 0 Å². The highest BCUT2D eigenvalue weighted by atomic mass is 32.2. The van der Waals surface area contributed by atoms with Crippen LogP contribution < -0.4 is 4.90 Å². The van der Waals surface area contributed by atoms with Crippen LogP contribution in [-0.4, -0.2) is 83.8 Å². The van der Waals surface area contributed by atoms with Crippen molar-refractivity contribution in [1.29, 1.82) is 0 Å². The number of nitrogens with zero attached hydrogens (tertiary/aromatic N) is 6. The van der Waals surface area contributed by atoms with Gasteiger partial charge >= 0.3 is 0 Å². The molecule has 0 radical (unpaired) electrons. The second-order valence-corrected chi connectivity index (χ2v) is 11.1. The summed E-state index contributed by atoms with van der Waals surface area (Å²) in [5, 5.41) is 5.99. The summed E-state index contributed by atoms with van der Waals surface area (Å²) in [6.45, 7) is 7.30. The van der Waals surface area contributed by atoms with Crippen molar-refractivity contribution >= 4 is 32.5 Å². The Hall–Kier alpha value is -3.24. The van der Waals surface area contributed by atoms with E-state index in [1.807, 2.05) is 21.8 Å². The van der Waals surface area contributed by atoms with E-state index >= 15 is 0 Å². The summed E-state index contributed by atoms with van der Waals surface area (Å²) in [4.78, 5) is 20.6. The number of piperidine rings is 1. The Morgan fingerprint density at radius 3 is 2.51 bits per heavy atom. The highest BCUT2D eigenvalue weighted by Gasteiger charge is 2.27. The molecule has 9 nitrogen and oxygen atoms in total. The Morgan fingerprint density at radius 1 is 1.09 bits per heavy atom. The van der Waals surface area contributed by atoms with Crippen LogP contribution in [0.25, 0.3) is 22.2 Å². The number of piperazine rings is 1. The van der Waals surface area contributed by atoms with E-state index in [1.165, 1.54) is 16.6 Å². The maximum Gasteiger partial charge on any atom is 0.246 e. The minimum absolute atomic E-state index is 0.0407. The van der Waals surface area contributed by atoms with Crippen LogP contribution in [-0.2, 0) is 14.8 Å². The van der Waals surface area contributed by atoms with Crippen molar-refractivity contribution in [2.75, 3.05) is 50.4 Å². The number of carbonyl (C=O) groups excluding carboxylic acids is 1. The highest BCUT2D eigenvalue weighted by Crippen LogP contribution is 2.33. The maximum absolute atomic E-state index is 12.2. The molecule has 1 atom stereocenters. The predicted octanol–water partition coefficient (Wildman–Crippen LogP) is 2.53. The number of pyridine rings is 1. The zero-order valence-electron chi connectivity index (χ0n) is 19.9. The number of anilines is 1. The molecular formula is C25H30N6O3S. The van der Waals surface area contributed by atoms with Gasteiger partial charge in [0.15, 0.2) is 0 Å². The molecule has 5 rings (SSSR count). The van der Waals surface area contributed by atoms with E-state index in [0.29, 0.717) is 32.7 Å². The van der Waals surface area contributed by atoms with Gasteiger partial charge in [0.25, 0.3) is 0 Å². The number of rotatable bonds is 5. The molecule has 0 aliphatic carbocycles. The van der Waals surface area contributed by atoms with Gasteiger partial charge in [-0.1, -0.05) is 18.7 Å². The molecule has 0 bridgehead atoms. The van der Waals surface area contributed by atoms with E-state index in [2.05, 4.69) is 40.7 Å². The molecule has 1 unspecified atom stereocenters. The molecule has 2 saturated heterocycles. The molecule has 2 fully saturated rings. The Balaban J connectivity index is 1.40. The summed E-state index contributed by atoms with van der Waals surface area (Å²) in [6.07, 6.45) is 8.14. The van der Waals surface area contributed by atoms with Crippen LogP contribution in [0.3, 0.4) is 0 Å². The van der Waals surface area contributed by atoms with Gasteiger partial charge in [-0.15, -0.1) is 0 Å². The van der Waals surface area contributed by atoms with Gasteiger partial charge in [0.05, 0.1) is 17.8 Å². The summed E-state index contributed by atoms with van der Waals surface area (Å²) in [5.74, 6) is -0.0407. The molecule has 1 amide bonds. The van der Waals surface area contributed by atoms with Crippen LogP contribution in [0.15, 0.2) is 55.4 Å². The number of benzene rings is 1. The quantitative estimate of drug-likeness (QED) is 0.506. The first-order valence-corrected chi connectivity index (χ1v) is 13.7. The lowest BCUT2D eigenvalue weighted by atomic mass is 10.1. The lowest BCUT2D eigenvalue weighted by Gasteiger charge is -2.34. The van der Waals surface area contributed by atoms with Crippen molar-refractivity contribution in [1.82, 2.24) is 24.0 Å². The van der Waals surface area contributed by atoms with E-state index in [1.54, 1.807) is 6.20 Å². The molecule has 4 heterocycles. The van der Waals surface area contributed by atoms with Gasteiger partial charge in [0.2, 0.25) is 15.9 Å². The van der Waals surface area contributed by atoms with Gasteiger partial charge < -0.3 is 9.80 Å². The molecule has 0 N–H and O–H groups in total. The van der Waals surface area contributed by atoms with Crippen LogP contribution in [0.2, 0.25) is 0 Å².